The molecule has 0 aliphatic heterocycles. The number of rotatable bonds is 7. The number of carboxylic acids is 1. The molecule has 4 aromatic rings. The molecular weight excluding hydrogens is 468 g/mol. The van der Waals surface area contributed by atoms with Crippen LogP contribution in [0, 0.1) is 0 Å². The number of benzene rings is 2. The van der Waals surface area contributed by atoms with Crippen molar-refractivity contribution in [1.29, 1.82) is 0 Å². The standard InChI is InChI=1S/C23H17ClN2O4S2/c24-21-12-19(18-10-11-31-15-18)13-25-22(21)26(14-16-4-2-1-3-5-16)32(29,30)20-8-6-17(7-9-20)23(27)28/h1-13,15H,14H2,(H,27,28). The molecule has 4 rings (SSSR count). The second-order valence-electron chi connectivity index (χ2n) is 6.87. The van der Waals surface area contributed by atoms with Crippen molar-refractivity contribution in [2.24, 2.45) is 0 Å². The van der Waals surface area contributed by atoms with Gasteiger partial charge in [0.05, 0.1) is 22.0 Å². The van der Waals surface area contributed by atoms with Gasteiger partial charge >= 0.3 is 5.97 Å². The van der Waals surface area contributed by atoms with Gasteiger partial charge in [0.1, 0.15) is 0 Å². The van der Waals surface area contributed by atoms with E-state index >= 15 is 0 Å². The van der Waals surface area contributed by atoms with Gasteiger partial charge in [-0.1, -0.05) is 41.9 Å². The highest BCUT2D eigenvalue weighted by atomic mass is 35.5. The van der Waals surface area contributed by atoms with Gasteiger partial charge in [-0.2, -0.15) is 11.3 Å². The summed E-state index contributed by atoms with van der Waals surface area (Å²) in [6.07, 6.45) is 1.59. The van der Waals surface area contributed by atoms with Crippen molar-refractivity contribution in [3.63, 3.8) is 0 Å². The molecule has 2 aromatic heterocycles. The number of hydrogen-bond acceptors (Lipinski definition) is 5. The molecule has 6 nitrogen and oxygen atoms in total. The van der Waals surface area contributed by atoms with Gasteiger partial charge in [0.2, 0.25) is 0 Å². The molecule has 0 aliphatic carbocycles. The largest absolute Gasteiger partial charge is 0.478 e. The van der Waals surface area contributed by atoms with Gasteiger partial charge in [-0.15, -0.1) is 0 Å². The maximum absolute atomic E-state index is 13.6. The number of hydrogen-bond donors (Lipinski definition) is 1. The SMILES string of the molecule is O=C(O)c1ccc(S(=O)(=O)N(Cc2ccccc2)c2ncc(-c3ccsc3)cc2Cl)cc1. The maximum atomic E-state index is 13.6. The first kappa shape index (κ1) is 22.0. The lowest BCUT2D eigenvalue weighted by Gasteiger charge is -2.25. The van der Waals surface area contributed by atoms with Gasteiger partial charge in [0.25, 0.3) is 10.0 Å². The van der Waals surface area contributed by atoms with E-state index in [4.69, 9.17) is 16.7 Å². The molecule has 0 aliphatic rings. The van der Waals surface area contributed by atoms with Crippen molar-refractivity contribution in [3.05, 3.63) is 99.8 Å². The summed E-state index contributed by atoms with van der Waals surface area (Å²) in [7, 11) is -4.09. The van der Waals surface area contributed by atoms with Crippen molar-refractivity contribution in [2.45, 2.75) is 11.4 Å². The number of thiophene rings is 1. The monoisotopic (exact) mass is 484 g/mol. The Morgan fingerprint density at radius 1 is 1.03 bits per heavy atom. The lowest BCUT2D eigenvalue weighted by atomic mass is 10.1. The third kappa shape index (κ3) is 4.52. The lowest BCUT2D eigenvalue weighted by Crippen LogP contribution is -2.31. The number of aromatic carboxylic acids is 1. The highest BCUT2D eigenvalue weighted by Gasteiger charge is 2.28. The maximum Gasteiger partial charge on any atom is 0.335 e. The normalized spacial score (nSPS) is 11.3. The number of pyridine rings is 1. The van der Waals surface area contributed by atoms with Crippen LogP contribution in [0.5, 0.6) is 0 Å². The van der Waals surface area contributed by atoms with Crippen LogP contribution in [0.1, 0.15) is 15.9 Å². The Bertz CT molecular complexity index is 1340. The minimum absolute atomic E-state index is 0.00478. The second-order valence-corrected chi connectivity index (χ2v) is 9.92. The fraction of sp³-hybridized carbons (Fsp3) is 0.0435. The Labute approximate surface area is 194 Å². The Kier molecular flexibility index (Phi) is 6.27. The van der Waals surface area contributed by atoms with Crippen LogP contribution < -0.4 is 4.31 Å². The van der Waals surface area contributed by atoms with Crippen LogP contribution in [0.3, 0.4) is 0 Å². The predicted octanol–water partition coefficient (Wildman–Crippen LogP) is 5.56. The summed E-state index contributed by atoms with van der Waals surface area (Å²) >= 11 is 8.06. The van der Waals surface area contributed by atoms with Crippen LogP contribution in [-0.4, -0.2) is 24.5 Å². The van der Waals surface area contributed by atoms with Crippen molar-refractivity contribution >= 4 is 44.7 Å². The molecule has 9 heteroatoms. The quantitative estimate of drug-likeness (QED) is 0.371. The van der Waals surface area contributed by atoms with E-state index in [1.54, 1.807) is 12.3 Å². The van der Waals surface area contributed by atoms with E-state index in [2.05, 4.69) is 4.98 Å². The molecule has 0 fully saturated rings. The molecule has 0 radical (unpaired) electrons. The minimum Gasteiger partial charge on any atom is -0.478 e. The zero-order valence-corrected chi connectivity index (χ0v) is 18.9. The Morgan fingerprint density at radius 3 is 2.34 bits per heavy atom. The third-order valence-electron chi connectivity index (χ3n) is 4.77. The van der Waals surface area contributed by atoms with E-state index in [0.717, 1.165) is 21.0 Å². The summed E-state index contributed by atoms with van der Waals surface area (Å²) < 4.78 is 28.3. The fourth-order valence-electron chi connectivity index (χ4n) is 3.12. The number of carboxylic acid groups (broad SMARTS) is 1. The summed E-state index contributed by atoms with van der Waals surface area (Å²) in [5.41, 5.74) is 2.47. The average molecular weight is 485 g/mol. The van der Waals surface area contributed by atoms with Crippen LogP contribution in [0.4, 0.5) is 5.82 Å². The lowest BCUT2D eigenvalue weighted by molar-refractivity contribution is 0.0696. The molecule has 0 atom stereocenters. The molecule has 1 N–H and O–H groups in total. The van der Waals surface area contributed by atoms with Gasteiger partial charge in [-0.25, -0.2) is 22.5 Å². The zero-order valence-electron chi connectivity index (χ0n) is 16.6. The van der Waals surface area contributed by atoms with Crippen molar-refractivity contribution in [1.82, 2.24) is 4.98 Å². The van der Waals surface area contributed by atoms with Crippen LogP contribution >= 0.6 is 22.9 Å². The van der Waals surface area contributed by atoms with Gasteiger partial charge in [-0.3, -0.25) is 0 Å². The molecule has 0 unspecified atom stereocenters. The van der Waals surface area contributed by atoms with E-state index in [0.29, 0.717) is 0 Å². The molecule has 32 heavy (non-hydrogen) atoms. The highest BCUT2D eigenvalue weighted by Crippen LogP contribution is 2.33. The molecule has 0 saturated heterocycles. The van der Waals surface area contributed by atoms with Crippen LogP contribution in [0.25, 0.3) is 11.1 Å². The number of nitrogens with zero attached hydrogens (tertiary/aromatic N) is 2. The van der Waals surface area contributed by atoms with Crippen molar-refractivity contribution < 1.29 is 18.3 Å². The van der Waals surface area contributed by atoms with Crippen LogP contribution in [0.2, 0.25) is 5.02 Å². The number of carbonyl (C=O) groups is 1. The summed E-state index contributed by atoms with van der Waals surface area (Å²) in [6, 6.07) is 17.8. The number of sulfonamides is 1. The second kappa shape index (κ2) is 9.12. The van der Waals surface area contributed by atoms with Crippen LogP contribution in [-0.2, 0) is 16.6 Å². The summed E-state index contributed by atoms with van der Waals surface area (Å²) in [4.78, 5) is 15.5. The molecule has 2 heterocycles. The van der Waals surface area contributed by atoms with E-state index in [1.165, 1.54) is 35.6 Å². The minimum atomic E-state index is -4.09. The molecule has 0 bridgehead atoms. The molecular formula is C23H17ClN2O4S2. The number of anilines is 1. The topological polar surface area (TPSA) is 87.6 Å². The van der Waals surface area contributed by atoms with Crippen molar-refractivity contribution in [2.75, 3.05) is 4.31 Å². The molecule has 162 valence electrons. The van der Waals surface area contributed by atoms with Crippen molar-refractivity contribution in [3.8, 4) is 11.1 Å². The smallest absolute Gasteiger partial charge is 0.335 e. The summed E-state index contributed by atoms with van der Waals surface area (Å²) in [5.74, 6) is -1.04. The molecule has 0 saturated carbocycles. The Hall–Kier alpha value is -3.20. The Morgan fingerprint density at radius 2 is 1.75 bits per heavy atom. The molecule has 2 aromatic carbocycles. The Balaban J connectivity index is 1.79. The first-order valence-electron chi connectivity index (χ1n) is 9.44. The average Bonchev–Trinajstić information content (AvgIpc) is 3.33. The van der Waals surface area contributed by atoms with Gasteiger partial charge in [-0.05, 0) is 58.3 Å². The van der Waals surface area contributed by atoms with E-state index in [1.807, 2.05) is 47.2 Å². The highest BCUT2D eigenvalue weighted by molar-refractivity contribution is 7.92. The van der Waals surface area contributed by atoms with Gasteiger partial charge in [0, 0.05) is 11.8 Å². The molecule has 0 amide bonds. The third-order valence-corrected chi connectivity index (χ3v) is 7.48. The summed E-state index contributed by atoms with van der Waals surface area (Å²) in [5, 5.41) is 13.2. The summed E-state index contributed by atoms with van der Waals surface area (Å²) in [6.45, 7) is 0.00831. The van der Waals surface area contributed by atoms with Crippen LogP contribution in [0.15, 0.2) is 88.6 Å². The fourth-order valence-corrected chi connectivity index (χ4v) is 5.53. The first-order chi connectivity index (χ1) is 15.4. The van der Waals surface area contributed by atoms with E-state index in [-0.39, 0.29) is 27.8 Å². The number of halogens is 1. The van der Waals surface area contributed by atoms with E-state index < -0.39 is 16.0 Å². The van der Waals surface area contributed by atoms with Gasteiger partial charge in [0.15, 0.2) is 5.82 Å². The first-order valence-corrected chi connectivity index (χ1v) is 12.2. The molecule has 0 spiro atoms. The zero-order chi connectivity index (χ0) is 22.7. The predicted molar refractivity (Wildman–Crippen MR) is 126 cm³/mol. The van der Waals surface area contributed by atoms with E-state index in [9.17, 15) is 13.2 Å². The number of aromatic nitrogens is 1. The van der Waals surface area contributed by atoms with Gasteiger partial charge < -0.3 is 5.11 Å².